The SMILES string of the molecule is CCN(CC)c1ccc(-c2nc(-c3ccc(C4=NOC(C(=O)O)C4)cc3)c(-c3ccc(C=CC(=O)NCCCc4ccccc4)cc3)[nH]2)cc1. The molecule has 0 saturated heterocycles. The molecule has 9 nitrogen and oxygen atoms in total. The number of nitrogens with one attached hydrogen (secondary N) is 2. The van der Waals surface area contributed by atoms with Crippen LogP contribution in [-0.4, -0.2) is 58.4 Å². The lowest BCUT2D eigenvalue weighted by atomic mass is 10.00. The molecule has 0 saturated carbocycles. The number of aromatic nitrogens is 2. The van der Waals surface area contributed by atoms with E-state index in [1.54, 1.807) is 6.08 Å². The minimum atomic E-state index is -1.03. The number of anilines is 1. The first-order valence-electron chi connectivity index (χ1n) is 17.0. The van der Waals surface area contributed by atoms with Crippen LogP contribution >= 0.6 is 0 Å². The zero-order chi connectivity index (χ0) is 34.9. The van der Waals surface area contributed by atoms with Crippen molar-refractivity contribution in [2.75, 3.05) is 24.5 Å². The first-order chi connectivity index (χ1) is 24.4. The molecule has 0 bridgehead atoms. The van der Waals surface area contributed by atoms with E-state index in [2.05, 4.69) is 70.6 Å². The van der Waals surface area contributed by atoms with Crippen LogP contribution in [0.4, 0.5) is 5.69 Å². The average molecular weight is 668 g/mol. The fraction of sp³-hybridized carbons (Fsp3) is 0.220. The van der Waals surface area contributed by atoms with Crippen LogP contribution in [0.5, 0.6) is 0 Å². The van der Waals surface area contributed by atoms with Gasteiger partial charge in [-0.15, -0.1) is 0 Å². The van der Waals surface area contributed by atoms with E-state index in [0.717, 1.165) is 76.6 Å². The smallest absolute Gasteiger partial charge is 0.348 e. The summed E-state index contributed by atoms with van der Waals surface area (Å²) in [5.74, 6) is -0.402. The van der Waals surface area contributed by atoms with Gasteiger partial charge in [-0.05, 0) is 73.7 Å². The Morgan fingerprint density at radius 1 is 0.880 bits per heavy atom. The molecule has 6 rings (SSSR count). The predicted octanol–water partition coefficient (Wildman–Crippen LogP) is 7.60. The van der Waals surface area contributed by atoms with Gasteiger partial charge in [-0.25, -0.2) is 9.78 Å². The van der Waals surface area contributed by atoms with E-state index >= 15 is 0 Å². The highest BCUT2D eigenvalue weighted by molar-refractivity contribution is 6.03. The van der Waals surface area contributed by atoms with E-state index in [1.165, 1.54) is 5.56 Å². The number of H-pyrrole nitrogens is 1. The molecule has 5 aromatic rings. The topological polar surface area (TPSA) is 120 Å². The molecule has 1 aliphatic heterocycles. The van der Waals surface area contributed by atoms with Crippen LogP contribution in [-0.2, 0) is 20.8 Å². The van der Waals surface area contributed by atoms with Crippen molar-refractivity contribution < 1.29 is 19.5 Å². The van der Waals surface area contributed by atoms with E-state index in [0.29, 0.717) is 12.3 Å². The number of hydrogen-bond acceptors (Lipinski definition) is 6. The Kier molecular flexibility index (Phi) is 10.8. The monoisotopic (exact) mass is 667 g/mol. The summed E-state index contributed by atoms with van der Waals surface area (Å²) in [5, 5.41) is 16.2. The minimum absolute atomic E-state index is 0.119. The summed E-state index contributed by atoms with van der Waals surface area (Å²) in [4.78, 5) is 39.8. The molecule has 0 aliphatic carbocycles. The summed E-state index contributed by atoms with van der Waals surface area (Å²) >= 11 is 0. The van der Waals surface area contributed by atoms with Crippen LogP contribution in [0, 0.1) is 0 Å². The Morgan fingerprint density at radius 3 is 2.20 bits per heavy atom. The van der Waals surface area contributed by atoms with Crippen molar-refractivity contribution in [3.8, 4) is 33.9 Å². The maximum atomic E-state index is 12.4. The number of aliphatic carboxylic acids is 1. The average Bonchev–Trinajstić information content (AvgIpc) is 3.84. The fourth-order valence-electron chi connectivity index (χ4n) is 5.99. The van der Waals surface area contributed by atoms with Gasteiger partial charge in [0.25, 0.3) is 0 Å². The van der Waals surface area contributed by atoms with Gasteiger partial charge in [0.2, 0.25) is 12.0 Å². The quantitative estimate of drug-likeness (QED) is 0.0829. The van der Waals surface area contributed by atoms with Gasteiger partial charge >= 0.3 is 5.97 Å². The third-order valence-electron chi connectivity index (χ3n) is 8.82. The van der Waals surface area contributed by atoms with Gasteiger partial charge in [-0.3, -0.25) is 4.79 Å². The number of carbonyl (C=O) groups is 2. The highest BCUT2D eigenvalue weighted by Gasteiger charge is 2.28. The Bertz CT molecular complexity index is 1960. The Morgan fingerprint density at radius 2 is 1.54 bits per heavy atom. The Hall–Kier alpha value is -5.96. The normalized spacial score (nSPS) is 14.0. The second-order valence-corrected chi connectivity index (χ2v) is 12.1. The molecule has 0 spiro atoms. The number of hydrogen-bond donors (Lipinski definition) is 3. The van der Waals surface area contributed by atoms with E-state index in [4.69, 9.17) is 9.82 Å². The van der Waals surface area contributed by atoms with E-state index in [9.17, 15) is 14.7 Å². The van der Waals surface area contributed by atoms with Gasteiger partial charge in [0.15, 0.2) is 0 Å². The van der Waals surface area contributed by atoms with Gasteiger partial charge in [0.1, 0.15) is 5.82 Å². The molecule has 254 valence electrons. The lowest BCUT2D eigenvalue weighted by molar-refractivity contribution is -0.148. The summed E-state index contributed by atoms with van der Waals surface area (Å²) in [6.07, 6.45) is 4.44. The van der Waals surface area contributed by atoms with Crippen LogP contribution in [0.25, 0.3) is 40.0 Å². The molecule has 1 unspecified atom stereocenters. The third kappa shape index (κ3) is 8.18. The van der Waals surface area contributed by atoms with Gasteiger partial charge < -0.3 is 25.1 Å². The predicted molar refractivity (Wildman–Crippen MR) is 199 cm³/mol. The van der Waals surface area contributed by atoms with Crippen LogP contribution in [0.15, 0.2) is 114 Å². The second kappa shape index (κ2) is 16.0. The van der Waals surface area contributed by atoms with Gasteiger partial charge in [0, 0.05) is 54.5 Å². The standard InChI is InChI=1S/C41H41N5O4/c1-3-46(4-2)34-23-21-33(22-24-34)40-43-38(39(44-40)32-19-17-30(18-20-32)35-27-36(41(48)49)50-45-35)31-15-12-29(13-16-31)14-25-37(47)42-26-8-11-28-9-6-5-7-10-28/h5-7,9-10,12-25,36H,3-4,8,11,26-27H2,1-2H3,(H,42,47)(H,43,44)(H,48,49). The van der Waals surface area contributed by atoms with E-state index in [-0.39, 0.29) is 12.3 Å². The summed E-state index contributed by atoms with van der Waals surface area (Å²) < 4.78 is 0. The fourth-order valence-corrected chi connectivity index (χ4v) is 5.99. The van der Waals surface area contributed by atoms with Crippen molar-refractivity contribution in [3.63, 3.8) is 0 Å². The molecule has 4 aromatic carbocycles. The summed E-state index contributed by atoms with van der Waals surface area (Å²) in [6, 6.07) is 34.4. The summed E-state index contributed by atoms with van der Waals surface area (Å²) in [7, 11) is 0. The summed E-state index contributed by atoms with van der Waals surface area (Å²) in [5.41, 5.74) is 9.20. The third-order valence-corrected chi connectivity index (χ3v) is 8.82. The molecule has 50 heavy (non-hydrogen) atoms. The number of imidazole rings is 1. The molecular formula is C41H41N5O4. The van der Waals surface area contributed by atoms with Gasteiger partial charge in [-0.2, -0.15) is 0 Å². The van der Waals surface area contributed by atoms with Crippen molar-refractivity contribution in [3.05, 3.63) is 126 Å². The molecular weight excluding hydrogens is 626 g/mol. The van der Waals surface area contributed by atoms with Gasteiger partial charge in [0.05, 0.1) is 17.1 Å². The molecule has 0 radical (unpaired) electrons. The number of carboxylic acids is 1. The maximum absolute atomic E-state index is 12.4. The number of aryl methyl sites for hydroxylation is 1. The second-order valence-electron chi connectivity index (χ2n) is 12.1. The molecule has 1 atom stereocenters. The zero-order valence-electron chi connectivity index (χ0n) is 28.3. The minimum Gasteiger partial charge on any atom is -0.478 e. The number of nitrogens with zero attached hydrogens (tertiary/aromatic N) is 3. The van der Waals surface area contributed by atoms with Crippen LogP contribution in [0.3, 0.4) is 0 Å². The lowest BCUT2D eigenvalue weighted by Crippen LogP contribution is -2.22. The van der Waals surface area contributed by atoms with Crippen LogP contribution < -0.4 is 10.2 Å². The maximum Gasteiger partial charge on any atom is 0.348 e. The Balaban J connectivity index is 1.20. The van der Waals surface area contributed by atoms with Gasteiger partial charge in [-0.1, -0.05) is 84.0 Å². The highest BCUT2D eigenvalue weighted by atomic mass is 16.7. The molecule has 9 heteroatoms. The largest absolute Gasteiger partial charge is 0.478 e. The summed E-state index contributed by atoms with van der Waals surface area (Å²) in [6.45, 7) is 6.78. The number of carboxylic acid groups (broad SMARTS) is 1. The first-order valence-corrected chi connectivity index (χ1v) is 17.0. The zero-order valence-corrected chi connectivity index (χ0v) is 28.3. The van der Waals surface area contributed by atoms with Crippen molar-refractivity contribution >= 4 is 29.4 Å². The Labute approximate surface area is 292 Å². The first kappa shape index (κ1) is 33.9. The molecule has 1 aliphatic rings. The van der Waals surface area contributed by atoms with E-state index < -0.39 is 12.1 Å². The highest BCUT2D eigenvalue weighted by Crippen LogP contribution is 2.34. The number of amides is 1. The van der Waals surface area contributed by atoms with Crippen molar-refractivity contribution in [2.45, 2.75) is 39.2 Å². The number of benzene rings is 4. The molecule has 0 fully saturated rings. The molecule has 1 aromatic heterocycles. The van der Waals surface area contributed by atoms with Crippen molar-refractivity contribution in [2.24, 2.45) is 5.16 Å². The number of oxime groups is 1. The van der Waals surface area contributed by atoms with Crippen molar-refractivity contribution in [1.29, 1.82) is 0 Å². The van der Waals surface area contributed by atoms with Crippen molar-refractivity contribution in [1.82, 2.24) is 15.3 Å². The van der Waals surface area contributed by atoms with E-state index in [1.807, 2.05) is 72.8 Å². The molecule has 1 amide bonds. The molecule has 2 heterocycles. The number of carbonyl (C=O) groups excluding carboxylic acids is 1. The number of aromatic amines is 1. The van der Waals surface area contributed by atoms with Crippen LogP contribution in [0.1, 0.15) is 43.4 Å². The molecule has 3 N–H and O–H groups in total. The van der Waals surface area contributed by atoms with Crippen LogP contribution in [0.2, 0.25) is 0 Å². The number of rotatable bonds is 14. The lowest BCUT2D eigenvalue weighted by Gasteiger charge is -2.20.